The number of hydrogen-bond donors (Lipinski definition) is 2. The van der Waals surface area contributed by atoms with Gasteiger partial charge in [0, 0.05) is 17.4 Å². The Bertz CT molecular complexity index is 1140. The summed E-state index contributed by atoms with van der Waals surface area (Å²) in [5, 5.41) is 21.7. The number of anilines is 2. The maximum Gasteiger partial charge on any atom is 0.332 e. The van der Waals surface area contributed by atoms with Gasteiger partial charge < -0.3 is 20.3 Å². The molecule has 28 heavy (non-hydrogen) atoms. The highest BCUT2D eigenvalue weighted by Gasteiger charge is 2.59. The molecule has 0 radical (unpaired) electrons. The Morgan fingerprint density at radius 3 is 2.64 bits per heavy atom. The molecule has 2 aromatic carbocycles. The first-order valence-corrected chi connectivity index (χ1v) is 8.96. The summed E-state index contributed by atoms with van der Waals surface area (Å²) in [5.74, 6) is -0.459. The van der Waals surface area contributed by atoms with E-state index < -0.39 is 17.5 Å². The van der Waals surface area contributed by atoms with E-state index in [0.717, 1.165) is 21.4 Å². The van der Waals surface area contributed by atoms with Crippen LogP contribution in [0, 0.1) is 5.21 Å². The smallest absolute Gasteiger partial charge is 0.332 e. The van der Waals surface area contributed by atoms with Crippen LogP contribution in [0.2, 0.25) is 0 Å². The van der Waals surface area contributed by atoms with Crippen LogP contribution < -0.4 is 10.1 Å². The number of para-hydroxylation sites is 3. The summed E-state index contributed by atoms with van der Waals surface area (Å²) >= 11 is 0. The highest BCUT2D eigenvalue weighted by Crippen LogP contribution is 2.46. The van der Waals surface area contributed by atoms with Crippen molar-refractivity contribution < 1.29 is 14.8 Å². The molecule has 8 nitrogen and oxygen atoms in total. The SMILES string of the molecule is C[C@]12C(=O)N(c3ccccc3N([O-])O)C(=O)N1CCc1c2[nH]c2ccccc12. The van der Waals surface area contributed by atoms with Gasteiger partial charge in [-0.15, -0.1) is 0 Å². The van der Waals surface area contributed by atoms with Crippen LogP contribution in [0.15, 0.2) is 48.5 Å². The van der Waals surface area contributed by atoms with E-state index in [1.807, 2.05) is 24.3 Å². The molecule has 1 atom stereocenters. The molecule has 1 aromatic heterocycles. The molecule has 0 bridgehead atoms. The van der Waals surface area contributed by atoms with E-state index in [1.165, 1.54) is 17.0 Å². The maximum absolute atomic E-state index is 13.5. The zero-order valence-corrected chi connectivity index (χ0v) is 15.0. The predicted molar refractivity (Wildman–Crippen MR) is 103 cm³/mol. The number of hydrogen-bond acceptors (Lipinski definition) is 5. The lowest BCUT2D eigenvalue weighted by Crippen LogP contribution is -2.49. The van der Waals surface area contributed by atoms with Crippen molar-refractivity contribution in [1.29, 1.82) is 0 Å². The van der Waals surface area contributed by atoms with Crippen LogP contribution in [0.4, 0.5) is 16.2 Å². The number of carbonyl (C=O) groups excluding carboxylic acids is 2. The molecule has 0 unspecified atom stereocenters. The summed E-state index contributed by atoms with van der Waals surface area (Å²) in [4.78, 5) is 32.5. The van der Waals surface area contributed by atoms with Gasteiger partial charge in [-0.25, -0.2) is 9.69 Å². The van der Waals surface area contributed by atoms with Gasteiger partial charge in [0.05, 0.1) is 17.1 Å². The van der Waals surface area contributed by atoms with Gasteiger partial charge in [-0.3, -0.25) is 10.0 Å². The van der Waals surface area contributed by atoms with E-state index in [2.05, 4.69) is 4.98 Å². The number of urea groups is 1. The Labute approximate surface area is 160 Å². The Kier molecular flexibility index (Phi) is 3.34. The van der Waals surface area contributed by atoms with Crippen molar-refractivity contribution >= 4 is 34.2 Å². The van der Waals surface area contributed by atoms with E-state index in [0.29, 0.717) is 18.7 Å². The van der Waals surface area contributed by atoms with E-state index in [-0.39, 0.29) is 16.6 Å². The first kappa shape index (κ1) is 16.8. The van der Waals surface area contributed by atoms with Crippen molar-refractivity contribution in [2.24, 2.45) is 0 Å². The van der Waals surface area contributed by atoms with Gasteiger partial charge in [0.25, 0.3) is 5.91 Å². The van der Waals surface area contributed by atoms with Gasteiger partial charge in [-0.2, -0.15) is 0 Å². The normalized spacial score (nSPS) is 21.2. The summed E-state index contributed by atoms with van der Waals surface area (Å²) in [6.07, 6.45) is 0.622. The summed E-state index contributed by atoms with van der Waals surface area (Å²) in [7, 11) is 0. The van der Waals surface area contributed by atoms with E-state index >= 15 is 0 Å². The first-order chi connectivity index (χ1) is 13.4. The van der Waals surface area contributed by atoms with Crippen LogP contribution in [-0.4, -0.2) is 33.6 Å². The average molecular weight is 377 g/mol. The number of aromatic nitrogens is 1. The van der Waals surface area contributed by atoms with E-state index in [4.69, 9.17) is 0 Å². The predicted octanol–water partition coefficient (Wildman–Crippen LogP) is 3.10. The number of amides is 3. The molecular weight excluding hydrogens is 360 g/mol. The second-order valence-electron chi connectivity index (χ2n) is 7.18. The molecule has 0 saturated carbocycles. The fraction of sp³-hybridized carbons (Fsp3) is 0.200. The monoisotopic (exact) mass is 377 g/mol. The lowest BCUT2D eigenvalue weighted by Gasteiger charge is -2.35. The minimum Gasteiger partial charge on any atom is -0.733 e. The fourth-order valence-electron chi connectivity index (χ4n) is 4.42. The van der Waals surface area contributed by atoms with Crippen LogP contribution in [0.25, 0.3) is 10.9 Å². The molecule has 2 aliphatic heterocycles. The van der Waals surface area contributed by atoms with Gasteiger partial charge in [0.1, 0.15) is 0 Å². The second kappa shape index (κ2) is 5.57. The van der Waals surface area contributed by atoms with Gasteiger partial charge in [-0.05, 0) is 37.1 Å². The fourth-order valence-corrected chi connectivity index (χ4v) is 4.42. The number of rotatable bonds is 2. The van der Waals surface area contributed by atoms with Crippen LogP contribution in [0.1, 0.15) is 18.2 Å². The summed E-state index contributed by atoms with van der Waals surface area (Å²) in [6, 6.07) is 13.3. The van der Waals surface area contributed by atoms with Crippen LogP contribution in [-0.2, 0) is 16.8 Å². The third kappa shape index (κ3) is 1.96. The Morgan fingerprint density at radius 2 is 1.86 bits per heavy atom. The molecule has 142 valence electrons. The van der Waals surface area contributed by atoms with Gasteiger partial charge in [-0.1, -0.05) is 30.3 Å². The van der Waals surface area contributed by atoms with Crippen LogP contribution in [0.3, 0.4) is 0 Å². The Morgan fingerprint density at radius 1 is 1.14 bits per heavy atom. The van der Waals surface area contributed by atoms with Crippen molar-refractivity contribution in [3.05, 3.63) is 65.0 Å². The minimum atomic E-state index is -1.21. The van der Waals surface area contributed by atoms with E-state index in [9.17, 15) is 20.0 Å². The molecule has 3 amide bonds. The molecule has 1 saturated heterocycles. The number of imide groups is 1. The van der Waals surface area contributed by atoms with Crippen molar-refractivity contribution in [1.82, 2.24) is 9.88 Å². The molecule has 2 aliphatic rings. The number of fused-ring (bicyclic) bond motifs is 5. The van der Waals surface area contributed by atoms with Gasteiger partial charge in [0.2, 0.25) is 0 Å². The van der Waals surface area contributed by atoms with Gasteiger partial charge in [0.15, 0.2) is 5.54 Å². The Balaban J connectivity index is 1.70. The van der Waals surface area contributed by atoms with Crippen LogP contribution >= 0.6 is 0 Å². The zero-order valence-electron chi connectivity index (χ0n) is 15.0. The minimum absolute atomic E-state index is 0.0586. The number of H-pyrrole nitrogens is 1. The molecule has 3 aromatic rings. The van der Waals surface area contributed by atoms with Crippen molar-refractivity contribution in [2.75, 3.05) is 16.7 Å². The lowest BCUT2D eigenvalue weighted by atomic mass is 9.87. The molecule has 1 fully saturated rings. The number of benzene rings is 2. The number of nitrogens with zero attached hydrogens (tertiary/aromatic N) is 3. The quantitative estimate of drug-likeness (QED) is 0.528. The molecule has 3 heterocycles. The first-order valence-electron chi connectivity index (χ1n) is 8.96. The highest BCUT2D eigenvalue weighted by atomic mass is 16.8. The maximum atomic E-state index is 13.5. The number of nitrogens with one attached hydrogen (secondary N) is 1. The molecule has 0 spiro atoms. The van der Waals surface area contributed by atoms with Crippen molar-refractivity contribution in [2.45, 2.75) is 18.9 Å². The third-order valence-electron chi connectivity index (χ3n) is 5.80. The van der Waals surface area contributed by atoms with E-state index in [1.54, 1.807) is 19.1 Å². The zero-order chi connectivity index (χ0) is 19.6. The molecule has 2 N–H and O–H groups in total. The standard InChI is InChI=1S/C20H17N4O4/c1-20-17-13(12-6-2-3-7-14(12)21-17)10-11-22(20)19(26)23(18(20)25)15-8-4-5-9-16(15)24(27)28/h2-9,21,27H,10-11H2,1H3/q-1/t20-/m0/s1. The van der Waals surface area contributed by atoms with Gasteiger partial charge >= 0.3 is 6.03 Å². The second-order valence-corrected chi connectivity index (χ2v) is 7.18. The van der Waals surface area contributed by atoms with Crippen molar-refractivity contribution in [3.8, 4) is 0 Å². The molecular formula is C20H17N4O4-. The summed E-state index contributed by atoms with van der Waals surface area (Å²) < 4.78 is 0. The number of carbonyl (C=O) groups is 2. The van der Waals surface area contributed by atoms with Crippen LogP contribution in [0.5, 0.6) is 0 Å². The Hall–Kier alpha value is -3.36. The largest absolute Gasteiger partial charge is 0.733 e. The van der Waals surface area contributed by atoms with Crippen molar-refractivity contribution in [3.63, 3.8) is 0 Å². The number of aromatic amines is 1. The molecule has 0 aliphatic carbocycles. The lowest BCUT2D eigenvalue weighted by molar-refractivity contribution is -0.125. The topological polar surface area (TPSA) is 103 Å². The average Bonchev–Trinajstić information content (AvgIpc) is 3.16. The summed E-state index contributed by atoms with van der Waals surface area (Å²) in [5.41, 5.74) is 1.32. The third-order valence-corrected chi connectivity index (χ3v) is 5.80. The molecule has 8 heteroatoms. The summed E-state index contributed by atoms with van der Waals surface area (Å²) in [6.45, 7) is 2.10. The highest BCUT2D eigenvalue weighted by molar-refractivity contribution is 6.24. The molecule has 5 rings (SSSR count).